The molecule has 0 radical (unpaired) electrons. The monoisotopic (exact) mass is 434 g/mol. The molecule has 3 N–H and O–H groups in total. The van der Waals surface area contributed by atoms with Crippen LogP contribution in [0.25, 0.3) is 11.1 Å². The molecule has 0 aliphatic heterocycles. The lowest BCUT2D eigenvalue weighted by atomic mass is 10.2. The molecule has 0 amide bonds. The summed E-state index contributed by atoms with van der Waals surface area (Å²) in [7, 11) is 0. The van der Waals surface area contributed by atoms with E-state index >= 15 is 0 Å². The zero-order valence-electron chi connectivity index (χ0n) is 17.3. The van der Waals surface area contributed by atoms with Gasteiger partial charge in [0.25, 0.3) is 0 Å². The Hall–Kier alpha value is -4.39. The molecule has 4 rings (SSSR count). The number of aryl methyl sites for hydroxylation is 1. The van der Waals surface area contributed by atoms with E-state index in [2.05, 4.69) is 25.6 Å². The number of hydrogen-bond donors (Lipinski definition) is 3. The molecule has 0 fully saturated rings. The fraction of sp³-hybridized carbons (Fsp3) is 0.182. The molecule has 0 spiro atoms. The van der Waals surface area contributed by atoms with E-state index in [1.54, 1.807) is 37.4 Å². The van der Waals surface area contributed by atoms with E-state index in [0.717, 1.165) is 5.56 Å². The third-order valence-electron chi connectivity index (χ3n) is 4.50. The predicted octanol–water partition coefficient (Wildman–Crippen LogP) is 4.53. The van der Waals surface area contributed by atoms with Crippen LogP contribution in [0.1, 0.15) is 18.9 Å². The van der Waals surface area contributed by atoms with Gasteiger partial charge in [-0.2, -0.15) is 10.2 Å². The van der Waals surface area contributed by atoms with Crippen LogP contribution in [0.5, 0.6) is 5.75 Å². The van der Waals surface area contributed by atoms with Crippen LogP contribution in [0.2, 0.25) is 0 Å². The van der Waals surface area contributed by atoms with Crippen LogP contribution in [0.3, 0.4) is 0 Å². The number of rotatable bonds is 7. The highest BCUT2D eigenvalue weighted by molar-refractivity contribution is 5.78. The number of benzene rings is 2. The van der Waals surface area contributed by atoms with Crippen LogP contribution in [-0.4, -0.2) is 21.1 Å². The zero-order valence-corrected chi connectivity index (χ0v) is 17.3. The molecule has 1 unspecified atom stereocenters. The van der Waals surface area contributed by atoms with Crippen LogP contribution in [-0.2, 0) is 0 Å². The Morgan fingerprint density at radius 3 is 2.91 bits per heavy atom. The summed E-state index contributed by atoms with van der Waals surface area (Å²) in [6.07, 6.45) is 1.44. The number of ether oxygens (including phenoxy) is 1. The minimum atomic E-state index is -0.526. The highest BCUT2D eigenvalue weighted by atomic mass is 19.1. The first-order chi connectivity index (χ1) is 15.4. The molecular formula is C22H19FN6O3. The van der Waals surface area contributed by atoms with Gasteiger partial charge in [0.2, 0.25) is 5.95 Å². The van der Waals surface area contributed by atoms with Gasteiger partial charge >= 0.3 is 5.76 Å². The molecule has 2 aromatic heterocycles. The SMILES string of the molecule is Cc1cnc(Nc2cc(F)cc(OC(C)CC#N)c2)nc1Nc1ccc2oc(=O)[nH]c2c1. The quantitative estimate of drug-likeness (QED) is 0.387. The van der Waals surface area contributed by atoms with Crippen molar-refractivity contribution in [2.45, 2.75) is 26.4 Å². The molecule has 0 aliphatic rings. The lowest BCUT2D eigenvalue weighted by molar-refractivity contribution is 0.226. The van der Waals surface area contributed by atoms with E-state index in [0.29, 0.717) is 34.0 Å². The first kappa shape index (κ1) is 20.9. The Balaban J connectivity index is 1.55. The molecule has 0 saturated heterocycles. The van der Waals surface area contributed by atoms with Crippen molar-refractivity contribution >= 4 is 34.2 Å². The molecule has 1 atom stereocenters. The highest BCUT2D eigenvalue weighted by Crippen LogP contribution is 2.26. The largest absolute Gasteiger partial charge is 0.489 e. The lowest BCUT2D eigenvalue weighted by Gasteiger charge is -2.14. The molecule has 4 aromatic rings. The van der Waals surface area contributed by atoms with Crippen molar-refractivity contribution in [1.29, 1.82) is 5.26 Å². The van der Waals surface area contributed by atoms with Crippen LogP contribution in [0, 0.1) is 24.1 Å². The van der Waals surface area contributed by atoms with Gasteiger partial charge in [-0.25, -0.2) is 14.2 Å². The Labute approximate surface area is 181 Å². The second kappa shape index (κ2) is 8.77. The number of H-pyrrole nitrogens is 1. The molecule has 0 aliphatic carbocycles. The van der Waals surface area contributed by atoms with Gasteiger partial charge in [0.15, 0.2) is 5.58 Å². The van der Waals surface area contributed by atoms with Gasteiger partial charge in [-0.3, -0.25) is 4.98 Å². The minimum Gasteiger partial charge on any atom is -0.489 e. The maximum Gasteiger partial charge on any atom is 0.417 e. The number of halogens is 1. The maximum atomic E-state index is 14.1. The third-order valence-corrected chi connectivity index (χ3v) is 4.50. The molecule has 9 nitrogen and oxygen atoms in total. The number of aromatic nitrogens is 3. The molecule has 162 valence electrons. The van der Waals surface area contributed by atoms with E-state index in [1.807, 2.05) is 13.0 Å². The summed E-state index contributed by atoms with van der Waals surface area (Å²) in [6, 6.07) is 11.3. The van der Waals surface area contributed by atoms with Gasteiger partial charge in [-0.1, -0.05) is 0 Å². The summed E-state index contributed by atoms with van der Waals surface area (Å²) in [5.41, 5.74) is 2.88. The van der Waals surface area contributed by atoms with E-state index in [1.165, 1.54) is 12.1 Å². The minimum absolute atomic E-state index is 0.188. The number of aromatic amines is 1. The number of hydrogen-bond acceptors (Lipinski definition) is 8. The van der Waals surface area contributed by atoms with Gasteiger partial charge in [0.1, 0.15) is 23.5 Å². The van der Waals surface area contributed by atoms with Crippen molar-refractivity contribution in [2.75, 3.05) is 10.6 Å². The Kier molecular flexibility index (Phi) is 5.72. The van der Waals surface area contributed by atoms with Crippen LogP contribution in [0.4, 0.5) is 27.5 Å². The second-order valence-electron chi connectivity index (χ2n) is 7.17. The van der Waals surface area contributed by atoms with Crippen molar-refractivity contribution in [2.24, 2.45) is 0 Å². The van der Waals surface area contributed by atoms with Crippen molar-refractivity contribution in [1.82, 2.24) is 15.0 Å². The first-order valence-electron chi connectivity index (χ1n) is 9.74. The Morgan fingerprint density at radius 2 is 2.09 bits per heavy atom. The van der Waals surface area contributed by atoms with E-state index in [-0.39, 0.29) is 18.5 Å². The topological polar surface area (TPSA) is 129 Å². The van der Waals surface area contributed by atoms with Gasteiger partial charge in [0, 0.05) is 35.3 Å². The average molecular weight is 434 g/mol. The van der Waals surface area contributed by atoms with E-state index < -0.39 is 11.6 Å². The molecule has 2 aromatic carbocycles. The highest BCUT2D eigenvalue weighted by Gasteiger charge is 2.10. The molecule has 10 heteroatoms. The summed E-state index contributed by atoms with van der Waals surface area (Å²) in [4.78, 5) is 22.7. The molecule has 2 heterocycles. The van der Waals surface area contributed by atoms with Crippen molar-refractivity contribution in [3.63, 3.8) is 0 Å². The van der Waals surface area contributed by atoms with Gasteiger partial charge in [-0.15, -0.1) is 0 Å². The number of nitrogens with zero attached hydrogens (tertiary/aromatic N) is 3. The average Bonchev–Trinajstić information content (AvgIpc) is 3.09. The van der Waals surface area contributed by atoms with Crippen molar-refractivity contribution in [3.8, 4) is 11.8 Å². The number of nitriles is 1. The van der Waals surface area contributed by atoms with Gasteiger partial charge in [0.05, 0.1) is 18.0 Å². The summed E-state index contributed by atoms with van der Waals surface area (Å²) in [5.74, 6) is 0.0492. The second-order valence-corrected chi connectivity index (χ2v) is 7.17. The molecule has 32 heavy (non-hydrogen) atoms. The first-order valence-corrected chi connectivity index (χ1v) is 9.74. The number of nitrogens with one attached hydrogen (secondary N) is 3. The van der Waals surface area contributed by atoms with Crippen LogP contribution >= 0.6 is 0 Å². The fourth-order valence-electron chi connectivity index (χ4n) is 3.03. The van der Waals surface area contributed by atoms with Gasteiger partial charge < -0.3 is 19.8 Å². The van der Waals surface area contributed by atoms with Crippen LogP contribution in [0.15, 0.2) is 51.8 Å². The maximum absolute atomic E-state index is 14.1. The lowest BCUT2D eigenvalue weighted by Crippen LogP contribution is -2.11. The number of anilines is 4. The summed E-state index contributed by atoms with van der Waals surface area (Å²) in [5, 5.41) is 14.9. The zero-order chi connectivity index (χ0) is 22.7. The normalized spacial score (nSPS) is 11.7. The Morgan fingerprint density at radius 1 is 1.25 bits per heavy atom. The standard InChI is InChI=1S/C22H19FN6O3/c1-12-11-25-21(27-16-7-14(23)8-17(9-16)31-13(2)5-6-24)29-20(12)26-15-3-4-19-18(10-15)28-22(30)32-19/h3-4,7-11,13H,5H2,1-2H3,(H,28,30)(H2,25,26,27,29). The van der Waals surface area contributed by atoms with Crippen molar-refractivity contribution < 1.29 is 13.5 Å². The molecule has 0 bridgehead atoms. The smallest absolute Gasteiger partial charge is 0.417 e. The molecule has 0 saturated carbocycles. The molecular weight excluding hydrogens is 415 g/mol. The van der Waals surface area contributed by atoms with E-state index in [9.17, 15) is 9.18 Å². The summed E-state index contributed by atoms with van der Waals surface area (Å²) >= 11 is 0. The van der Waals surface area contributed by atoms with Crippen LogP contribution < -0.4 is 21.1 Å². The van der Waals surface area contributed by atoms with Gasteiger partial charge in [-0.05, 0) is 38.1 Å². The summed E-state index contributed by atoms with van der Waals surface area (Å²) < 4.78 is 24.6. The number of fused-ring (bicyclic) bond motifs is 1. The fourth-order valence-corrected chi connectivity index (χ4v) is 3.03. The number of oxazole rings is 1. The Bertz CT molecular complexity index is 1370. The summed E-state index contributed by atoms with van der Waals surface area (Å²) in [6.45, 7) is 3.58. The predicted molar refractivity (Wildman–Crippen MR) is 117 cm³/mol. The van der Waals surface area contributed by atoms with Crippen molar-refractivity contribution in [3.05, 3.63) is 64.5 Å². The third kappa shape index (κ3) is 4.84. The van der Waals surface area contributed by atoms with E-state index in [4.69, 9.17) is 14.4 Å².